The molecule has 3 heterocycles. The van der Waals surface area contributed by atoms with Crippen LogP contribution in [-0.2, 0) is 22.6 Å². The molecule has 4 aromatic rings. The van der Waals surface area contributed by atoms with Crippen LogP contribution in [0.3, 0.4) is 0 Å². The number of morpholine rings is 1. The number of ether oxygens (including phenoxy) is 2. The van der Waals surface area contributed by atoms with Crippen LogP contribution in [0, 0.1) is 0 Å². The number of hydrogen-bond donors (Lipinski definition) is 1. The molecular formula is C27H28N4O5S. The Balaban J connectivity index is 1.43. The number of benzene rings is 2. The number of rotatable bonds is 9. The van der Waals surface area contributed by atoms with Gasteiger partial charge in [-0.1, -0.05) is 23.9 Å². The summed E-state index contributed by atoms with van der Waals surface area (Å²) in [4.78, 5) is 33.3. The molecule has 0 unspecified atom stereocenters. The largest absolute Gasteiger partial charge is 0.497 e. The van der Waals surface area contributed by atoms with Crippen LogP contribution in [0.1, 0.15) is 11.3 Å². The highest BCUT2D eigenvalue weighted by atomic mass is 32.2. The summed E-state index contributed by atoms with van der Waals surface area (Å²) >= 11 is 1.24. The minimum absolute atomic E-state index is 0.118. The van der Waals surface area contributed by atoms with E-state index in [1.54, 1.807) is 30.1 Å². The molecule has 0 atom stereocenters. The normalized spacial score (nSPS) is 13.6. The number of aromatic nitrogens is 2. The van der Waals surface area contributed by atoms with Gasteiger partial charge in [0.25, 0.3) is 5.56 Å². The molecule has 1 fully saturated rings. The lowest BCUT2D eigenvalue weighted by Crippen LogP contribution is -2.36. The van der Waals surface area contributed by atoms with Gasteiger partial charge in [-0.25, -0.2) is 4.98 Å². The van der Waals surface area contributed by atoms with E-state index in [0.717, 1.165) is 30.1 Å². The average Bonchev–Trinajstić information content (AvgIpc) is 3.47. The molecule has 1 aliphatic rings. The van der Waals surface area contributed by atoms with Crippen LogP contribution in [0.2, 0.25) is 0 Å². The van der Waals surface area contributed by atoms with E-state index in [1.165, 1.54) is 11.8 Å². The monoisotopic (exact) mass is 520 g/mol. The molecule has 5 rings (SSSR count). The molecule has 1 N–H and O–H groups in total. The molecule has 1 aliphatic heterocycles. The quantitative estimate of drug-likeness (QED) is 0.265. The topological polar surface area (TPSA) is 98.8 Å². The molecular weight excluding hydrogens is 492 g/mol. The highest BCUT2D eigenvalue weighted by molar-refractivity contribution is 7.99. The first-order chi connectivity index (χ1) is 18.1. The van der Waals surface area contributed by atoms with Gasteiger partial charge in [0, 0.05) is 18.8 Å². The summed E-state index contributed by atoms with van der Waals surface area (Å²) in [5, 5.41) is 3.87. The van der Waals surface area contributed by atoms with E-state index < -0.39 is 0 Å². The van der Waals surface area contributed by atoms with Crippen LogP contribution >= 0.6 is 11.8 Å². The number of methoxy groups -OCH3 is 1. The standard InChI is InChI=1S/C27H28N4O5S/c1-34-21-7-4-19(5-8-21)17-31-26(33)23-15-20(30-10-13-35-14-11-30)6-9-24(23)29-27(31)37-18-25(32)28-16-22-3-2-12-36-22/h2-9,12,15H,10-11,13-14,16-18H2,1H3,(H,28,32). The maximum atomic E-state index is 13.8. The second kappa shape index (κ2) is 11.5. The molecule has 0 spiro atoms. The fourth-order valence-corrected chi connectivity index (χ4v) is 4.98. The molecule has 10 heteroatoms. The predicted octanol–water partition coefficient (Wildman–Crippen LogP) is 3.29. The van der Waals surface area contributed by atoms with E-state index in [4.69, 9.17) is 18.9 Å². The number of furan rings is 1. The molecule has 1 saturated heterocycles. The Morgan fingerprint density at radius 1 is 1.14 bits per heavy atom. The minimum Gasteiger partial charge on any atom is -0.497 e. The SMILES string of the molecule is COc1ccc(Cn2c(SCC(=O)NCc3ccco3)nc3ccc(N4CCOCC4)cc3c2=O)cc1. The van der Waals surface area contributed by atoms with E-state index >= 15 is 0 Å². The van der Waals surface area contributed by atoms with Crippen LogP contribution in [0.5, 0.6) is 5.75 Å². The van der Waals surface area contributed by atoms with Crippen molar-refractivity contribution in [1.82, 2.24) is 14.9 Å². The number of fused-ring (bicyclic) bond motifs is 1. The Labute approximate surface area is 218 Å². The van der Waals surface area contributed by atoms with Crippen molar-refractivity contribution in [1.29, 1.82) is 0 Å². The zero-order chi connectivity index (χ0) is 25.6. The number of carbonyl (C=O) groups is 1. The van der Waals surface area contributed by atoms with Gasteiger partial charge in [-0.3, -0.25) is 14.2 Å². The van der Waals surface area contributed by atoms with Gasteiger partial charge in [0.1, 0.15) is 11.5 Å². The molecule has 1 amide bonds. The lowest BCUT2D eigenvalue weighted by molar-refractivity contribution is -0.118. The lowest BCUT2D eigenvalue weighted by Gasteiger charge is -2.29. The van der Waals surface area contributed by atoms with Gasteiger partial charge in [0.05, 0.1) is 56.3 Å². The summed E-state index contributed by atoms with van der Waals surface area (Å²) in [5.74, 6) is 1.36. The Kier molecular flexibility index (Phi) is 7.76. The van der Waals surface area contributed by atoms with E-state index in [-0.39, 0.29) is 17.2 Å². The third-order valence-corrected chi connectivity index (χ3v) is 7.13. The zero-order valence-corrected chi connectivity index (χ0v) is 21.3. The van der Waals surface area contributed by atoms with Crippen molar-refractivity contribution in [2.24, 2.45) is 0 Å². The van der Waals surface area contributed by atoms with Crippen molar-refractivity contribution >= 4 is 34.3 Å². The van der Waals surface area contributed by atoms with Crippen LogP contribution in [0.25, 0.3) is 10.9 Å². The van der Waals surface area contributed by atoms with Crippen LogP contribution in [0.4, 0.5) is 5.69 Å². The number of nitrogens with zero attached hydrogens (tertiary/aromatic N) is 3. The van der Waals surface area contributed by atoms with Crippen molar-refractivity contribution in [3.63, 3.8) is 0 Å². The van der Waals surface area contributed by atoms with Gasteiger partial charge >= 0.3 is 0 Å². The smallest absolute Gasteiger partial charge is 0.262 e. The minimum atomic E-state index is -0.172. The summed E-state index contributed by atoms with van der Waals surface area (Å²) in [7, 11) is 1.62. The van der Waals surface area contributed by atoms with Gasteiger partial charge < -0.3 is 24.1 Å². The van der Waals surface area contributed by atoms with E-state index in [1.807, 2.05) is 42.5 Å². The number of anilines is 1. The second-order valence-electron chi connectivity index (χ2n) is 8.58. The van der Waals surface area contributed by atoms with Crippen molar-refractivity contribution in [3.05, 3.63) is 82.5 Å². The van der Waals surface area contributed by atoms with Crippen LogP contribution in [0.15, 0.2) is 75.2 Å². The first-order valence-corrected chi connectivity index (χ1v) is 13.0. The van der Waals surface area contributed by atoms with E-state index in [2.05, 4.69) is 10.2 Å². The fraction of sp³-hybridized carbons (Fsp3) is 0.296. The van der Waals surface area contributed by atoms with E-state index in [0.29, 0.717) is 48.1 Å². The Bertz CT molecular complexity index is 1410. The summed E-state index contributed by atoms with van der Waals surface area (Å²) in [6.07, 6.45) is 1.57. The third kappa shape index (κ3) is 5.98. The Morgan fingerprint density at radius 3 is 2.68 bits per heavy atom. The Hall–Kier alpha value is -3.76. The molecule has 9 nitrogen and oxygen atoms in total. The van der Waals surface area contributed by atoms with Gasteiger partial charge in [0.15, 0.2) is 5.16 Å². The summed E-state index contributed by atoms with van der Waals surface area (Å²) in [6, 6.07) is 16.9. The molecule has 192 valence electrons. The number of amides is 1. The number of carbonyl (C=O) groups excluding carboxylic acids is 1. The molecule has 0 bridgehead atoms. The zero-order valence-electron chi connectivity index (χ0n) is 20.5. The van der Waals surface area contributed by atoms with Gasteiger partial charge in [-0.15, -0.1) is 0 Å². The van der Waals surface area contributed by atoms with E-state index in [9.17, 15) is 9.59 Å². The molecule has 0 saturated carbocycles. The number of nitrogens with one attached hydrogen (secondary N) is 1. The highest BCUT2D eigenvalue weighted by Gasteiger charge is 2.17. The highest BCUT2D eigenvalue weighted by Crippen LogP contribution is 2.24. The first kappa shape index (κ1) is 24.9. The Morgan fingerprint density at radius 2 is 1.95 bits per heavy atom. The summed E-state index contributed by atoms with van der Waals surface area (Å²) < 4.78 is 17.6. The maximum absolute atomic E-state index is 13.8. The number of hydrogen-bond acceptors (Lipinski definition) is 8. The van der Waals surface area contributed by atoms with Gasteiger partial charge in [0.2, 0.25) is 5.91 Å². The van der Waals surface area contributed by atoms with Crippen molar-refractivity contribution in [3.8, 4) is 5.75 Å². The second-order valence-corrected chi connectivity index (χ2v) is 9.52. The fourth-order valence-electron chi connectivity index (χ4n) is 4.15. The predicted molar refractivity (Wildman–Crippen MR) is 142 cm³/mol. The third-order valence-electron chi connectivity index (χ3n) is 6.15. The molecule has 37 heavy (non-hydrogen) atoms. The van der Waals surface area contributed by atoms with Crippen LogP contribution in [-0.4, -0.2) is 54.6 Å². The van der Waals surface area contributed by atoms with Crippen molar-refractivity contribution in [2.75, 3.05) is 44.1 Å². The van der Waals surface area contributed by atoms with Crippen molar-refractivity contribution < 1.29 is 18.7 Å². The number of thioether (sulfide) groups is 1. The maximum Gasteiger partial charge on any atom is 0.262 e. The lowest BCUT2D eigenvalue weighted by atomic mass is 10.2. The first-order valence-electron chi connectivity index (χ1n) is 12.0. The average molecular weight is 521 g/mol. The van der Waals surface area contributed by atoms with Gasteiger partial charge in [-0.2, -0.15) is 0 Å². The van der Waals surface area contributed by atoms with Gasteiger partial charge in [-0.05, 0) is 48.0 Å². The molecule has 0 aliphatic carbocycles. The van der Waals surface area contributed by atoms with Crippen LogP contribution < -0.4 is 20.5 Å². The summed E-state index contributed by atoms with van der Waals surface area (Å²) in [6.45, 7) is 3.51. The molecule has 2 aromatic carbocycles. The van der Waals surface area contributed by atoms with Crippen molar-refractivity contribution in [2.45, 2.75) is 18.2 Å². The molecule has 2 aromatic heterocycles. The molecule has 0 radical (unpaired) electrons. The summed E-state index contributed by atoms with van der Waals surface area (Å²) in [5.41, 5.74) is 2.36.